The van der Waals surface area contributed by atoms with Gasteiger partial charge in [0.2, 0.25) is 0 Å². The number of H-pyrrole nitrogens is 1. The maximum absolute atomic E-state index is 12.4. The number of para-hydroxylation sites is 3. The fourth-order valence-electron chi connectivity index (χ4n) is 2.74. The molecule has 2 aromatic carbocycles. The molecule has 0 bridgehead atoms. The molecule has 0 aliphatic carbocycles. The maximum atomic E-state index is 12.4. The summed E-state index contributed by atoms with van der Waals surface area (Å²) in [6.07, 6.45) is 0.707. The van der Waals surface area contributed by atoms with Gasteiger partial charge in [0.25, 0.3) is 5.91 Å². The van der Waals surface area contributed by atoms with Crippen LogP contribution in [0.4, 0.5) is 0 Å². The quantitative estimate of drug-likeness (QED) is 0.640. The van der Waals surface area contributed by atoms with E-state index in [2.05, 4.69) is 15.3 Å². The minimum Gasteiger partial charge on any atom is -0.483 e. The first-order valence-corrected chi connectivity index (χ1v) is 8.49. The molecule has 6 nitrogen and oxygen atoms in total. The first kappa shape index (κ1) is 17.7. The minimum absolute atomic E-state index is 0.141. The summed E-state index contributed by atoms with van der Waals surface area (Å²) >= 11 is 0. The van der Waals surface area contributed by atoms with Crippen molar-refractivity contribution in [1.82, 2.24) is 15.3 Å². The predicted octanol–water partition coefficient (Wildman–Crippen LogP) is 3.27. The number of carbonyl (C=O) groups is 2. The molecule has 1 amide bonds. The Morgan fingerprint density at radius 2 is 1.92 bits per heavy atom. The van der Waals surface area contributed by atoms with Crippen molar-refractivity contribution in [3.8, 4) is 5.75 Å². The Bertz CT molecular complexity index is 884. The summed E-state index contributed by atoms with van der Waals surface area (Å²) in [6, 6.07) is 14.3. The maximum Gasteiger partial charge on any atom is 0.258 e. The van der Waals surface area contributed by atoms with E-state index in [0.29, 0.717) is 23.4 Å². The lowest BCUT2D eigenvalue weighted by Crippen LogP contribution is -2.35. The highest BCUT2D eigenvalue weighted by Crippen LogP contribution is 2.22. The first-order chi connectivity index (χ1) is 12.6. The summed E-state index contributed by atoms with van der Waals surface area (Å²) in [4.78, 5) is 31.2. The number of nitrogens with zero attached hydrogens (tertiary/aromatic N) is 1. The third-order valence-electron chi connectivity index (χ3n) is 4.09. The zero-order valence-electron chi connectivity index (χ0n) is 14.7. The SMILES string of the molecule is CC(C)C(NC(=O)COc1ccccc1C=O)c1nc2ccccc2[nH]1. The third-order valence-corrected chi connectivity index (χ3v) is 4.09. The van der Waals surface area contributed by atoms with Crippen molar-refractivity contribution in [3.63, 3.8) is 0 Å². The Kier molecular flexibility index (Phi) is 5.31. The molecule has 0 fully saturated rings. The van der Waals surface area contributed by atoms with Crippen molar-refractivity contribution in [2.45, 2.75) is 19.9 Å². The van der Waals surface area contributed by atoms with E-state index in [1.54, 1.807) is 24.3 Å². The number of imidazole rings is 1. The first-order valence-electron chi connectivity index (χ1n) is 8.49. The van der Waals surface area contributed by atoms with Gasteiger partial charge in [0.15, 0.2) is 12.9 Å². The van der Waals surface area contributed by atoms with Crippen LogP contribution < -0.4 is 10.1 Å². The molecule has 3 aromatic rings. The number of rotatable bonds is 7. The number of aldehydes is 1. The highest BCUT2D eigenvalue weighted by Gasteiger charge is 2.22. The van der Waals surface area contributed by atoms with E-state index in [1.807, 2.05) is 38.1 Å². The normalized spacial score (nSPS) is 12.1. The zero-order chi connectivity index (χ0) is 18.5. The Morgan fingerprint density at radius 3 is 2.65 bits per heavy atom. The fourth-order valence-corrected chi connectivity index (χ4v) is 2.74. The molecule has 3 rings (SSSR count). The van der Waals surface area contributed by atoms with Crippen LogP contribution in [0.25, 0.3) is 11.0 Å². The van der Waals surface area contributed by atoms with Gasteiger partial charge in [0.1, 0.15) is 11.6 Å². The second-order valence-corrected chi connectivity index (χ2v) is 6.37. The van der Waals surface area contributed by atoms with Crippen LogP contribution in [0, 0.1) is 5.92 Å². The molecule has 1 atom stereocenters. The van der Waals surface area contributed by atoms with Crippen molar-refractivity contribution < 1.29 is 14.3 Å². The minimum atomic E-state index is -0.273. The summed E-state index contributed by atoms with van der Waals surface area (Å²) in [5.41, 5.74) is 2.20. The van der Waals surface area contributed by atoms with Gasteiger partial charge in [-0.2, -0.15) is 0 Å². The highest BCUT2D eigenvalue weighted by atomic mass is 16.5. The number of hydrogen-bond donors (Lipinski definition) is 2. The average molecular weight is 351 g/mol. The second kappa shape index (κ2) is 7.82. The number of ether oxygens (including phenoxy) is 1. The van der Waals surface area contributed by atoms with Crippen molar-refractivity contribution in [2.75, 3.05) is 6.61 Å². The van der Waals surface area contributed by atoms with Gasteiger partial charge in [-0.05, 0) is 30.2 Å². The lowest BCUT2D eigenvalue weighted by atomic mass is 10.0. The summed E-state index contributed by atoms with van der Waals surface area (Å²) in [5.74, 6) is 0.969. The van der Waals surface area contributed by atoms with Crippen LogP contribution in [-0.2, 0) is 4.79 Å². The monoisotopic (exact) mass is 351 g/mol. The molecule has 0 radical (unpaired) electrons. The fraction of sp³-hybridized carbons (Fsp3) is 0.250. The number of carbonyl (C=O) groups excluding carboxylic acids is 2. The molecule has 0 saturated heterocycles. The number of hydrogen-bond acceptors (Lipinski definition) is 4. The predicted molar refractivity (Wildman–Crippen MR) is 99.1 cm³/mol. The molecular formula is C20H21N3O3. The Balaban J connectivity index is 1.69. The van der Waals surface area contributed by atoms with E-state index in [4.69, 9.17) is 4.74 Å². The molecule has 26 heavy (non-hydrogen) atoms. The molecule has 1 heterocycles. The topological polar surface area (TPSA) is 84.1 Å². The van der Waals surface area contributed by atoms with E-state index >= 15 is 0 Å². The van der Waals surface area contributed by atoms with E-state index in [-0.39, 0.29) is 24.5 Å². The summed E-state index contributed by atoms with van der Waals surface area (Å²) < 4.78 is 5.49. The Hall–Kier alpha value is -3.15. The smallest absolute Gasteiger partial charge is 0.258 e. The van der Waals surface area contributed by atoms with Crippen LogP contribution >= 0.6 is 0 Å². The Labute approximate surface area is 151 Å². The molecule has 134 valence electrons. The molecule has 0 aliphatic heterocycles. The van der Waals surface area contributed by atoms with Crippen LogP contribution in [0.3, 0.4) is 0 Å². The van der Waals surface area contributed by atoms with E-state index in [9.17, 15) is 9.59 Å². The Morgan fingerprint density at radius 1 is 1.19 bits per heavy atom. The largest absolute Gasteiger partial charge is 0.483 e. The lowest BCUT2D eigenvalue weighted by Gasteiger charge is -2.20. The highest BCUT2D eigenvalue weighted by molar-refractivity contribution is 5.81. The van der Waals surface area contributed by atoms with Crippen molar-refractivity contribution >= 4 is 23.2 Å². The van der Waals surface area contributed by atoms with E-state index in [1.165, 1.54) is 0 Å². The summed E-state index contributed by atoms with van der Waals surface area (Å²) in [7, 11) is 0. The zero-order valence-corrected chi connectivity index (χ0v) is 14.7. The van der Waals surface area contributed by atoms with Crippen LogP contribution in [0.15, 0.2) is 48.5 Å². The lowest BCUT2D eigenvalue weighted by molar-refractivity contribution is -0.124. The van der Waals surface area contributed by atoms with E-state index < -0.39 is 0 Å². The van der Waals surface area contributed by atoms with Crippen LogP contribution in [0.2, 0.25) is 0 Å². The van der Waals surface area contributed by atoms with Gasteiger partial charge < -0.3 is 15.0 Å². The third kappa shape index (κ3) is 3.91. The van der Waals surface area contributed by atoms with Crippen molar-refractivity contribution in [3.05, 3.63) is 59.9 Å². The van der Waals surface area contributed by atoms with Crippen molar-refractivity contribution in [1.29, 1.82) is 0 Å². The molecule has 1 unspecified atom stereocenters. The number of aromatic amines is 1. The molecule has 2 N–H and O–H groups in total. The molecule has 0 saturated carbocycles. The molecule has 1 aromatic heterocycles. The molecular weight excluding hydrogens is 330 g/mol. The van der Waals surface area contributed by atoms with E-state index in [0.717, 1.165) is 11.0 Å². The van der Waals surface area contributed by atoms with Crippen LogP contribution in [-0.4, -0.2) is 28.8 Å². The number of benzene rings is 2. The number of fused-ring (bicyclic) bond motifs is 1. The average Bonchev–Trinajstić information content (AvgIpc) is 3.08. The standard InChI is InChI=1S/C20H21N3O3/c1-13(2)19(20-21-15-8-4-5-9-16(15)22-20)23-18(25)12-26-17-10-6-3-7-14(17)11-24/h3-11,13,19H,12H2,1-2H3,(H,21,22)(H,23,25). The molecule has 0 spiro atoms. The van der Waals surface area contributed by atoms with Crippen LogP contribution in [0.1, 0.15) is 36.1 Å². The summed E-state index contributed by atoms with van der Waals surface area (Å²) in [5, 5.41) is 2.96. The van der Waals surface area contributed by atoms with Crippen LogP contribution in [0.5, 0.6) is 5.75 Å². The number of amides is 1. The summed E-state index contributed by atoms with van der Waals surface area (Å²) in [6.45, 7) is 3.86. The molecule has 0 aliphatic rings. The number of aromatic nitrogens is 2. The molecule has 6 heteroatoms. The number of nitrogens with one attached hydrogen (secondary N) is 2. The van der Waals surface area contributed by atoms with Gasteiger partial charge in [-0.25, -0.2) is 4.98 Å². The van der Waals surface area contributed by atoms with Gasteiger partial charge in [0.05, 0.1) is 22.6 Å². The van der Waals surface area contributed by atoms with Gasteiger partial charge in [-0.15, -0.1) is 0 Å². The van der Waals surface area contributed by atoms with Gasteiger partial charge in [-0.1, -0.05) is 38.1 Å². The second-order valence-electron chi connectivity index (χ2n) is 6.37. The van der Waals surface area contributed by atoms with Gasteiger partial charge >= 0.3 is 0 Å². The van der Waals surface area contributed by atoms with Gasteiger partial charge in [-0.3, -0.25) is 9.59 Å². The van der Waals surface area contributed by atoms with Gasteiger partial charge in [0, 0.05) is 0 Å². The van der Waals surface area contributed by atoms with Crippen molar-refractivity contribution in [2.24, 2.45) is 5.92 Å².